The molecule has 1 saturated heterocycles. The van der Waals surface area contributed by atoms with Gasteiger partial charge in [-0.25, -0.2) is 0 Å². The molecule has 13 atom stereocenters. The quantitative estimate of drug-likeness (QED) is 0.0851. The lowest BCUT2D eigenvalue weighted by molar-refractivity contribution is -0.158. The van der Waals surface area contributed by atoms with Crippen LogP contribution in [0.15, 0.2) is 0 Å². The van der Waals surface area contributed by atoms with Crippen LogP contribution in [0, 0.1) is 35.5 Å². The summed E-state index contributed by atoms with van der Waals surface area (Å²) < 4.78 is 11.5. The highest BCUT2D eigenvalue weighted by Gasteiger charge is 2.46. The number of unbranched alkanes of at least 4 members (excludes halogenated alkanes) is 1. The van der Waals surface area contributed by atoms with Gasteiger partial charge in [-0.3, -0.25) is 52.7 Å². The lowest BCUT2D eigenvalue weighted by atomic mass is 9.90. The Bertz CT molecular complexity index is 2440. The van der Waals surface area contributed by atoms with Crippen LogP contribution in [0.5, 0.6) is 0 Å². The van der Waals surface area contributed by atoms with Gasteiger partial charge >= 0.3 is 0 Å². The van der Waals surface area contributed by atoms with E-state index in [0.29, 0.717) is 19.4 Å². The fraction of sp³-hybridized carbons (Fsp3) is 0.833. The summed E-state index contributed by atoms with van der Waals surface area (Å²) in [5, 5.41) is 23.3. The van der Waals surface area contributed by atoms with Crippen molar-refractivity contribution in [3.63, 3.8) is 0 Å². The lowest BCUT2D eigenvalue weighted by Gasteiger charge is -2.41. The minimum atomic E-state index is -1.61. The van der Waals surface area contributed by atoms with E-state index >= 15 is 19.2 Å². The number of carbonyl (C=O) groups excluding carboxylic acids is 11. The van der Waals surface area contributed by atoms with E-state index in [-0.39, 0.29) is 56.7 Å². The SMILES string of the molecule is CCCC[C@@H](C)[C@@H](O)[C@H]1C(=O)N[C@@H](CC)C(=O)N(C)[C@H](C)C(=O)N(C)[C@@H](CC(C)(C)OCOCC)C(=O)N[C@@H](C(C)C)C(=O)N(C)[C@@H](CC(C)C)C(=O)N[C@@H](C)C(=O)N[C@H](C)C(=O)N(C)[C@@H](CC(C)C)C(=O)N(C)[C@@H](CC(C)C)C(=O)N(C)[C@@H](C(C)C)C(=O)N1C. The predicted octanol–water partition coefficient (Wildman–Crippen LogP) is 4.01. The molecule has 0 aromatic heterocycles. The van der Waals surface area contributed by atoms with E-state index in [0.717, 1.165) is 16.2 Å². The number of amides is 11. The van der Waals surface area contributed by atoms with Crippen molar-refractivity contribution in [2.75, 3.05) is 62.7 Å². The molecular formula is C66H121N11O14. The van der Waals surface area contributed by atoms with Crippen molar-refractivity contribution >= 4 is 65.0 Å². The van der Waals surface area contributed by atoms with E-state index in [1.54, 1.807) is 62.3 Å². The molecule has 1 aliphatic heterocycles. The molecule has 0 unspecified atom stereocenters. The third-order valence-corrected chi connectivity index (χ3v) is 17.6. The van der Waals surface area contributed by atoms with Gasteiger partial charge in [0.25, 0.3) is 0 Å². The molecule has 0 aliphatic carbocycles. The highest BCUT2D eigenvalue weighted by Crippen LogP contribution is 2.27. The Balaban J connectivity index is 4.46. The van der Waals surface area contributed by atoms with Crippen LogP contribution < -0.4 is 21.3 Å². The smallest absolute Gasteiger partial charge is 0.246 e. The fourth-order valence-corrected chi connectivity index (χ4v) is 11.4. The first-order valence-corrected chi connectivity index (χ1v) is 33.0. The molecule has 524 valence electrons. The zero-order valence-corrected chi connectivity index (χ0v) is 60.3. The van der Waals surface area contributed by atoms with Gasteiger partial charge in [0, 0.05) is 62.4 Å². The summed E-state index contributed by atoms with van der Waals surface area (Å²) in [5.74, 6) is -9.91. The van der Waals surface area contributed by atoms with E-state index in [1.165, 1.54) is 94.6 Å². The Morgan fingerprint density at radius 3 is 1.40 bits per heavy atom. The molecule has 0 radical (unpaired) electrons. The fourth-order valence-electron chi connectivity index (χ4n) is 11.4. The van der Waals surface area contributed by atoms with Crippen LogP contribution in [0.25, 0.3) is 0 Å². The zero-order chi connectivity index (χ0) is 70.6. The van der Waals surface area contributed by atoms with E-state index in [9.17, 15) is 38.7 Å². The number of nitrogens with zero attached hydrogens (tertiary/aromatic N) is 7. The van der Waals surface area contributed by atoms with E-state index in [1.807, 2.05) is 48.5 Å². The lowest BCUT2D eigenvalue weighted by Crippen LogP contribution is -2.64. The molecule has 0 saturated carbocycles. The number of nitrogens with one attached hydrogen (secondary N) is 4. The summed E-state index contributed by atoms with van der Waals surface area (Å²) in [6, 6.07) is -14.1. The number of aliphatic hydroxyl groups excluding tert-OH is 1. The summed E-state index contributed by atoms with van der Waals surface area (Å²) >= 11 is 0. The monoisotopic (exact) mass is 1290 g/mol. The number of hydrogen-bond acceptors (Lipinski definition) is 14. The summed E-state index contributed by atoms with van der Waals surface area (Å²) in [6.45, 7) is 33.2. The van der Waals surface area contributed by atoms with Crippen molar-refractivity contribution in [3.05, 3.63) is 0 Å². The Morgan fingerprint density at radius 2 is 0.923 bits per heavy atom. The average molecular weight is 1290 g/mol. The number of aliphatic hydroxyl groups is 1. The molecule has 1 rings (SSSR count). The maximum Gasteiger partial charge on any atom is 0.246 e. The molecule has 25 heteroatoms. The van der Waals surface area contributed by atoms with Crippen LogP contribution in [0.3, 0.4) is 0 Å². The summed E-state index contributed by atoms with van der Waals surface area (Å²) in [7, 11) is 9.90. The Kier molecular flexibility index (Phi) is 34.4. The molecule has 0 aromatic carbocycles. The van der Waals surface area contributed by atoms with Gasteiger partial charge < -0.3 is 70.1 Å². The van der Waals surface area contributed by atoms with Crippen molar-refractivity contribution < 1.29 is 67.3 Å². The van der Waals surface area contributed by atoms with Gasteiger partial charge in [0.1, 0.15) is 73.3 Å². The average Bonchev–Trinajstić information content (AvgIpc) is 0.896. The Morgan fingerprint density at radius 1 is 0.473 bits per heavy atom. The third-order valence-electron chi connectivity index (χ3n) is 17.6. The Hall–Kier alpha value is -5.95. The number of rotatable bonds is 20. The van der Waals surface area contributed by atoms with Crippen LogP contribution in [-0.4, -0.2) is 245 Å². The van der Waals surface area contributed by atoms with Crippen molar-refractivity contribution in [1.82, 2.24) is 55.6 Å². The Labute approximate surface area is 545 Å². The molecule has 1 aliphatic rings. The molecule has 0 bridgehead atoms. The molecule has 25 nitrogen and oxygen atoms in total. The maximum absolute atomic E-state index is 15.3. The van der Waals surface area contributed by atoms with Gasteiger partial charge in [-0.1, -0.05) is 103 Å². The molecule has 0 aromatic rings. The van der Waals surface area contributed by atoms with E-state index in [4.69, 9.17) is 9.47 Å². The van der Waals surface area contributed by atoms with E-state index in [2.05, 4.69) is 21.3 Å². The summed E-state index contributed by atoms with van der Waals surface area (Å²) in [6.07, 6.45) is 0.732. The minimum Gasteiger partial charge on any atom is -0.390 e. The first kappa shape index (κ1) is 83.1. The highest BCUT2D eigenvalue weighted by atomic mass is 16.7. The molecular weight excluding hydrogens is 1170 g/mol. The second-order valence-corrected chi connectivity index (χ2v) is 27.9. The molecule has 5 N–H and O–H groups in total. The molecule has 91 heavy (non-hydrogen) atoms. The third kappa shape index (κ3) is 23.5. The van der Waals surface area contributed by atoms with Crippen LogP contribution in [0.2, 0.25) is 0 Å². The standard InChI is InChI=1S/C66H121N11O14/c1-27-30-31-42(14)54(78)53-58(82)69-46(28-2)61(85)71(20)45(17)60(84)75(24)50(35-66(18,19)91-36-90-29-3)57(81)70-51(40(10)11)64(88)72(21)47(32-37(4)5)56(80)67-43(15)55(79)68-44(16)59(83)73(22)48(33-38(6)7)62(86)74(23)49(34-39(8)9)63(87)76(25)52(41(12)13)65(89)77(53)26/h37-54,78H,27-36H2,1-26H3,(H,67,80)(H,68,79)(H,69,82)(H,70,81)/t42-,43+,44-,45-,46+,47+,48+,49+,50+,51+,52+,53+,54-/m1/s1. The number of carbonyl (C=O) groups is 11. The molecule has 11 amide bonds. The molecule has 1 fully saturated rings. The summed E-state index contributed by atoms with van der Waals surface area (Å²) in [5.41, 5.74) is -1.13. The first-order valence-electron chi connectivity index (χ1n) is 33.0. The van der Waals surface area contributed by atoms with Gasteiger partial charge in [0.05, 0.1) is 11.7 Å². The summed E-state index contributed by atoms with van der Waals surface area (Å²) in [4.78, 5) is 171. The van der Waals surface area contributed by atoms with Crippen molar-refractivity contribution in [2.45, 2.75) is 261 Å². The largest absolute Gasteiger partial charge is 0.390 e. The van der Waals surface area contributed by atoms with Crippen molar-refractivity contribution in [1.29, 1.82) is 0 Å². The maximum atomic E-state index is 15.3. The molecule has 0 spiro atoms. The van der Waals surface area contributed by atoms with Crippen molar-refractivity contribution in [3.8, 4) is 0 Å². The zero-order valence-electron chi connectivity index (χ0n) is 60.3. The topological polar surface area (TPSA) is 297 Å². The predicted molar refractivity (Wildman–Crippen MR) is 350 cm³/mol. The van der Waals surface area contributed by atoms with Crippen molar-refractivity contribution in [2.24, 2.45) is 35.5 Å². The van der Waals surface area contributed by atoms with Gasteiger partial charge in [0.15, 0.2) is 0 Å². The van der Waals surface area contributed by atoms with E-state index < -0.39 is 161 Å². The first-order chi connectivity index (χ1) is 42.0. The highest BCUT2D eigenvalue weighted by molar-refractivity contribution is 6.00. The van der Waals surface area contributed by atoms with Gasteiger partial charge in [0.2, 0.25) is 65.0 Å². The van der Waals surface area contributed by atoms with Crippen LogP contribution >= 0.6 is 0 Å². The van der Waals surface area contributed by atoms with Gasteiger partial charge in [-0.15, -0.1) is 0 Å². The van der Waals surface area contributed by atoms with Crippen LogP contribution in [0.4, 0.5) is 0 Å². The van der Waals surface area contributed by atoms with Gasteiger partial charge in [-0.2, -0.15) is 0 Å². The molecule has 1 heterocycles. The number of hydrogen-bond donors (Lipinski definition) is 5. The second kappa shape index (κ2) is 37.7. The van der Waals surface area contributed by atoms with Crippen LogP contribution in [0.1, 0.15) is 183 Å². The normalized spacial score (nSPS) is 26.8. The number of likely N-dealkylation sites (N-methyl/N-ethyl adjacent to an activating group) is 7. The second-order valence-electron chi connectivity index (χ2n) is 27.9. The minimum absolute atomic E-state index is 0.00293. The van der Waals surface area contributed by atoms with Crippen LogP contribution in [-0.2, 0) is 62.2 Å². The number of ether oxygens (including phenoxy) is 2. The van der Waals surface area contributed by atoms with Gasteiger partial charge in [-0.05, 0) is 109 Å².